The molecule has 2 saturated carbocycles. The first-order valence-corrected chi connectivity index (χ1v) is 10.7. The van der Waals surface area contributed by atoms with Gasteiger partial charge in [0.1, 0.15) is 5.75 Å². The zero-order valence-corrected chi connectivity index (χ0v) is 17.2. The van der Waals surface area contributed by atoms with E-state index in [4.69, 9.17) is 4.74 Å². The fourth-order valence-electron chi connectivity index (χ4n) is 4.38. The molecule has 0 atom stereocenters. The third kappa shape index (κ3) is 4.07. The lowest BCUT2D eigenvalue weighted by Gasteiger charge is -2.35. The van der Waals surface area contributed by atoms with E-state index in [1.165, 1.54) is 0 Å². The molecule has 0 unspecified atom stereocenters. The fourth-order valence-corrected chi connectivity index (χ4v) is 4.38. The van der Waals surface area contributed by atoms with Crippen LogP contribution >= 0.6 is 0 Å². The second kappa shape index (κ2) is 7.85. The van der Waals surface area contributed by atoms with Gasteiger partial charge >= 0.3 is 6.18 Å². The molecule has 0 spiro atoms. The number of rotatable bonds is 5. The number of ether oxygens (including phenoxy) is 1. The van der Waals surface area contributed by atoms with E-state index < -0.39 is 11.7 Å². The summed E-state index contributed by atoms with van der Waals surface area (Å²) in [6.45, 7) is 0. The van der Waals surface area contributed by atoms with Gasteiger partial charge in [0, 0.05) is 23.0 Å². The van der Waals surface area contributed by atoms with Crippen molar-refractivity contribution in [1.29, 1.82) is 0 Å². The maximum Gasteiger partial charge on any atom is 0.416 e. The number of hydrogen-bond donors (Lipinski definition) is 3. The molecule has 0 radical (unpaired) electrons. The molecule has 1 heterocycles. The Kier molecular flexibility index (Phi) is 5.12. The molecule has 2 fully saturated rings. The van der Waals surface area contributed by atoms with Crippen molar-refractivity contribution in [3.05, 3.63) is 59.8 Å². The number of anilines is 1. The van der Waals surface area contributed by atoms with E-state index in [2.05, 4.69) is 10.3 Å². The summed E-state index contributed by atoms with van der Waals surface area (Å²) in [7, 11) is 0. The Balaban J connectivity index is 1.20. The summed E-state index contributed by atoms with van der Waals surface area (Å²) in [5.74, 6) is 0.612. The van der Waals surface area contributed by atoms with Crippen molar-refractivity contribution in [2.45, 2.75) is 50.0 Å². The topological polar surface area (TPSA) is 74.4 Å². The van der Waals surface area contributed by atoms with Crippen LogP contribution in [0.15, 0.2) is 48.7 Å². The van der Waals surface area contributed by atoms with Crippen LogP contribution in [-0.2, 0) is 11.0 Å². The van der Waals surface area contributed by atoms with E-state index in [1.54, 1.807) is 18.3 Å². The van der Waals surface area contributed by atoms with E-state index in [1.807, 2.05) is 18.2 Å². The average molecular weight is 444 g/mol. The standard InChI is InChI=1S/C24H23F3N2O3/c25-24(26,27)16-3-1-13(2-4-16)14-9-19(10-14)32-18-5-6-21-20(11-18)22(12-28-21)29-23(31)15-7-17(30)8-15/h1-6,11-12,14-15,17,19,28,30H,7-10H2,(H,29,31)/t14-,15?,17?,19+. The van der Waals surface area contributed by atoms with Crippen molar-refractivity contribution in [1.82, 2.24) is 4.98 Å². The van der Waals surface area contributed by atoms with Gasteiger partial charge in [-0.2, -0.15) is 13.2 Å². The molecule has 8 heteroatoms. The lowest BCUT2D eigenvalue weighted by atomic mass is 9.77. The molecule has 5 rings (SSSR count). The number of aliphatic hydroxyl groups is 1. The summed E-state index contributed by atoms with van der Waals surface area (Å²) in [5, 5.41) is 13.2. The van der Waals surface area contributed by atoms with Crippen molar-refractivity contribution in [3.8, 4) is 5.75 Å². The summed E-state index contributed by atoms with van der Waals surface area (Å²) < 4.78 is 44.3. The van der Waals surface area contributed by atoms with Gasteiger partial charge in [0.25, 0.3) is 0 Å². The normalized spacial score (nSPS) is 25.1. The Bertz CT molecular complexity index is 1130. The molecule has 3 N–H and O–H groups in total. The average Bonchev–Trinajstić information content (AvgIpc) is 3.09. The second-order valence-electron chi connectivity index (χ2n) is 8.75. The number of alkyl halides is 3. The number of carbonyl (C=O) groups is 1. The molecule has 0 aliphatic heterocycles. The number of fused-ring (bicyclic) bond motifs is 1. The van der Waals surface area contributed by atoms with Crippen LogP contribution in [-0.4, -0.2) is 28.2 Å². The van der Waals surface area contributed by atoms with Gasteiger partial charge in [0.05, 0.1) is 23.5 Å². The van der Waals surface area contributed by atoms with Gasteiger partial charge in [-0.25, -0.2) is 0 Å². The van der Waals surface area contributed by atoms with Crippen LogP contribution in [0.4, 0.5) is 18.9 Å². The molecule has 3 aromatic rings. The molecule has 32 heavy (non-hydrogen) atoms. The van der Waals surface area contributed by atoms with Crippen molar-refractivity contribution < 1.29 is 27.8 Å². The zero-order valence-electron chi connectivity index (χ0n) is 17.2. The van der Waals surface area contributed by atoms with Crippen LogP contribution in [0.3, 0.4) is 0 Å². The largest absolute Gasteiger partial charge is 0.490 e. The molecule has 168 valence electrons. The highest BCUT2D eigenvalue weighted by Crippen LogP contribution is 2.41. The molecular weight excluding hydrogens is 421 g/mol. The minimum absolute atomic E-state index is 0.00631. The van der Waals surface area contributed by atoms with Crippen LogP contribution in [0.25, 0.3) is 10.9 Å². The van der Waals surface area contributed by atoms with Gasteiger partial charge in [0.15, 0.2) is 0 Å². The number of H-pyrrole nitrogens is 1. The van der Waals surface area contributed by atoms with Crippen molar-refractivity contribution >= 4 is 22.5 Å². The first kappa shape index (κ1) is 20.9. The Hall–Kier alpha value is -3.00. The first-order valence-electron chi connectivity index (χ1n) is 10.7. The van der Waals surface area contributed by atoms with Gasteiger partial charge in [-0.1, -0.05) is 12.1 Å². The highest BCUT2D eigenvalue weighted by Gasteiger charge is 2.35. The Morgan fingerprint density at radius 1 is 1.06 bits per heavy atom. The van der Waals surface area contributed by atoms with Crippen molar-refractivity contribution in [2.75, 3.05) is 5.32 Å². The van der Waals surface area contributed by atoms with E-state index in [9.17, 15) is 23.1 Å². The Morgan fingerprint density at radius 3 is 2.44 bits per heavy atom. The number of aromatic amines is 1. The van der Waals surface area contributed by atoms with Gasteiger partial charge in [-0.05, 0) is 67.5 Å². The van der Waals surface area contributed by atoms with Crippen LogP contribution in [0, 0.1) is 5.92 Å². The molecule has 1 aromatic heterocycles. The van der Waals surface area contributed by atoms with Crippen molar-refractivity contribution in [3.63, 3.8) is 0 Å². The quantitative estimate of drug-likeness (QED) is 0.505. The second-order valence-corrected chi connectivity index (χ2v) is 8.75. The fraction of sp³-hybridized carbons (Fsp3) is 0.375. The lowest BCUT2D eigenvalue weighted by Crippen LogP contribution is -2.37. The number of halogens is 3. The van der Waals surface area contributed by atoms with Gasteiger partial charge in [-0.3, -0.25) is 4.79 Å². The summed E-state index contributed by atoms with van der Waals surface area (Å²) >= 11 is 0. The lowest BCUT2D eigenvalue weighted by molar-refractivity contribution is -0.137. The Labute approximate surface area is 182 Å². The van der Waals surface area contributed by atoms with Crippen LogP contribution in [0.2, 0.25) is 0 Å². The third-order valence-electron chi connectivity index (χ3n) is 6.50. The maximum atomic E-state index is 12.7. The molecule has 0 bridgehead atoms. The zero-order chi connectivity index (χ0) is 22.5. The van der Waals surface area contributed by atoms with Gasteiger partial charge < -0.3 is 20.1 Å². The van der Waals surface area contributed by atoms with Crippen LogP contribution in [0.1, 0.15) is 42.7 Å². The van der Waals surface area contributed by atoms with E-state index >= 15 is 0 Å². The van der Waals surface area contributed by atoms with Crippen LogP contribution in [0.5, 0.6) is 5.75 Å². The molecule has 2 aliphatic carbocycles. The molecule has 0 saturated heterocycles. The number of benzene rings is 2. The summed E-state index contributed by atoms with van der Waals surface area (Å²) in [6.07, 6.45) is -0.511. The number of hydrogen-bond acceptors (Lipinski definition) is 3. The molecule has 2 aromatic carbocycles. The van der Waals surface area contributed by atoms with E-state index in [-0.39, 0.29) is 30.0 Å². The van der Waals surface area contributed by atoms with Gasteiger partial charge in [0.2, 0.25) is 5.91 Å². The minimum atomic E-state index is -4.32. The minimum Gasteiger partial charge on any atom is -0.490 e. The highest BCUT2D eigenvalue weighted by molar-refractivity contribution is 6.03. The number of aliphatic hydroxyl groups excluding tert-OH is 1. The smallest absolute Gasteiger partial charge is 0.416 e. The molecule has 5 nitrogen and oxygen atoms in total. The molecular formula is C24H23F3N2O3. The summed E-state index contributed by atoms with van der Waals surface area (Å²) in [5.41, 5.74) is 1.81. The van der Waals surface area contributed by atoms with Crippen LogP contribution < -0.4 is 10.1 Å². The van der Waals surface area contributed by atoms with E-state index in [0.29, 0.717) is 24.3 Å². The van der Waals surface area contributed by atoms with Crippen molar-refractivity contribution in [2.24, 2.45) is 5.92 Å². The maximum absolute atomic E-state index is 12.7. The van der Waals surface area contributed by atoms with Gasteiger partial charge in [-0.15, -0.1) is 0 Å². The summed E-state index contributed by atoms with van der Waals surface area (Å²) in [6, 6.07) is 11.0. The Morgan fingerprint density at radius 2 is 1.78 bits per heavy atom. The third-order valence-corrected chi connectivity index (χ3v) is 6.50. The number of nitrogens with one attached hydrogen (secondary N) is 2. The highest BCUT2D eigenvalue weighted by atomic mass is 19.4. The number of aromatic nitrogens is 1. The summed E-state index contributed by atoms with van der Waals surface area (Å²) in [4.78, 5) is 15.4. The first-order chi connectivity index (χ1) is 15.3. The monoisotopic (exact) mass is 444 g/mol. The number of carbonyl (C=O) groups excluding carboxylic acids is 1. The molecule has 2 aliphatic rings. The molecule has 1 amide bonds. The van der Waals surface area contributed by atoms with E-state index in [0.717, 1.165) is 41.4 Å². The SMILES string of the molecule is O=C(Nc1c[nH]c2ccc(O[C@H]3C[C@@H](c4ccc(C(F)(F)F)cc4)C3)cc12)C1CC(O)C1. The number of amides is 1. The predicted molar refractivity (Wildman–Crippen MR) is 113 cm³/mol. The predicted octanol–water partition coefficient (Wildman–Crippen LogP) is 5.22.